The largest absolute Gasteiger partial charge is 0.497 e. The van der Waals surface area contributed by atoms with Crippen LogP contribution in [0.4, 0.5) is 5.69 Å². The van der Waals surface area contributed by atoms with E-state index in [4.69, 9.17) is 9.26 Å². The van der Waals surface area contributed by atoms with Gasteiger partial charge >= 0.3 is 0 Å². The van der Waals surface area contributed by atoms with Crippen molar-refractivity contribution in [3.63, 3.8) is 0 Å². The molecule has 3 rings (SSSR count). The van der Waals surface area contributed by atoms with Crippen LogP contribution in [-0.2, 0) is 11.2 Å². The average molecular weight is 322 g/mol. The van der Waals surface area contributed by atoms with Crippen molar-refractivity contribution in [2.75, 3.05) is 12.4 Å². The van der Waals surface area contributed by atoms with Crippen molar-refractivity contribution in [1.29, 1.82) is 0 Å². The second-order valence-electron chi connectivity index (χ2n) is 5.45. The lowest BCUT2D eigenvalue weighted by atomic mass is 10.1. The molecule has 122 valence electrons. The zero-order valence-electron chi connectivity index (χ0n) is 13.6. The average Bonchev–Trinajstić information content (AvgIpc) is 3.05. The van der Waals surface area contributed by atoms with Gasteiger partial charge in [0.2, 0.25) is 5.91 Å². The van der Waals surface area contributed by atoms with E-state index in [0.717, 1.165) is 22.6 Å². The maximum Gasteiger partial charge on any atom is 0.230 e. The zero-order valence-corrected chi connectivity index (χ0v) is 13.6. The third kappa shape index (κ3) is 3.63. The highest BCUT2D eigenvalue weighted by molar-refractivity contribution is 5.92. The minimum Gasteiger partial charge on any atom is -0.497 e. The molecule has 0 spiro atoms. The Hall–Kier alpha value is -3.08. The molecule has 0 atom stereocenters. The summed E-state index contributed by atoms with van der Waals surface area (Å²) in [5, 5.41) is 6.86. The quantitative estimate of drug-likeness (QED) is 0.775. The number of ether oxygens (including phenoxy) is 1. The lowest BCUT2D eigenvalue weighted by molar-refractivity contribution is -0.115. The van der Waals surface area contributed by atoms with Gasteiger partial charge in [-0.25, -0.2) is 0 Å². The van der Waals surface area contributed by atoms with E-state index in [1.165, 1.54) is 0 Å². The van der Waals surface area contributed by atoms with Crippen LogP contribution in [0, 0.1) is 6.92 Å². The molecule has 0 bridgehead atoms. The summed E-state index contributed by atoms with van der Waals surface area (Å²) >= 11 is 0. The van der Waals surface area contributed by atoms with Gasteiger partial charge in [0.05, 0.1) is 19.2 Å². The fourth-order valence-electron chi connectivity index (χ4n) is 2.38. The fourth-order valence-corrected chi connectivity index (χ4v) is 2.38. The normalized spacial score (nSPS) is 10.4. The van der Waals surface area contributed by atoms with Crippen molar-refractivity contribution in [1.82, 2.24) is 5.16 Å². The lowest BCUT2D eigenvalue weighted by Crippen LogP contribution is -2.15. The van der Waals surface area contributed by atoms with Crippen LogP contribution in [0.1, 0.15) is 11.3 Å². The summed E-state index contributed by atoms with van der Waals surface area (Å²) in [6.07, 6.45) is 0.155. The van der Waals surface area contributed by atoms with Crippen LogP contribution in [0.2, 0.25) is 0 Å². The minimum atomic E-state index is -0.130. The van der Waals surface area contributed by atoms with E-state index in [9.17, 15) is 4.79 Å². The van der Waals surface area contributed by atoms with Gasteiger partial charge < -0.3 is 14.6 Å². The van der Waals surface area contributed by atoms with E-state index in [1.54, 1.807) is 13.2 Å². The van der Waals surface area contributed by atoms with Gasteiger partial charge in [0.15, 0.2) is 5.76 Å². The number of hydrogen-bond acceptors (Lipinski definition) is 4. The monoisotopic (exact) mass is 322 g/mol. The highest BCUT2D eigenvalue weighted by Gasteiger charge is 2.12. The van der Waals surface area contributed by atoms with Crippen molar-refractivity contribution in [2.45, 2.75) is 13.3 Å². The van der Waals surface area contributed by atoms with Crippen LogP contribution < -0.4 is 10.1 Å². The Labute approximate surface area is 140 Å². The van der Waals surface area contributed by atoms with Gasteiger partial charge in [-0.1, -0.05) is 35.5 Å². The molecule has 1 N–H and O–H groups in total. The second-order valence-corrected chi connectivity index (χ2v) is 5.45. The molecule has 0 saturated carbocycles. The molecular formula is C19H18N2O3. The summed E-state index contributed by atoms with van der Waals surface area (Å²) < 4.78 is 10.5. The summed E-state index contributed by atoms with van der Waals surface area (Å²) in [6, 6.07) is 16.9. The first-order valence-electron chi connectivity index (χ1n) is 7.61. The number of nitrogens with one attached hydrogen (secondary N) is 1. The number of hydrogen-bond donors (Lipinski definition) is 1. The molecule has 0 fully saturated rings. The van der Waals surface area contributed by atoms with Gasteiger partial charge in [-0.3, -0.25) is 4.79 Å². The van der Waals surface area contributed by atoms with E-state index in [1.807, 2.05) is 55.5 Å². The molecular weight excluding hydrogens is 304 g/mol. The predicted octanol–water partition coefficient (Wildman–Crippen LogP) is 3.84. The second kappa shape index (κ2) is 7.00. The van der Waals surface area contributed by atoms with Crippen molar-refractivity contribution < 1.29 is 14.1 Å². The van der Waals surface area contributed by atoms with Crippen molar-refractivity contribution in [3.05, 3.63) is 65.9 Å². The topological polar surface area (TPSA) is 64.4 Å². The number of carbonyl (C=O) groups excluding carboxylic acids is 1. The summed E-state index contributed by atoms with van der Waals surface area (Å²) in [5.74, 6) is 1.21. The highest BCUT2D eigenvalue weighted by atomic mass is 16.5. The molecule has 0 aliphatic heterocycles. The van der Waals surface area contributed by atoms with E-state index in [0.29, 0.717) is 11.5 Å². The maximum absolute atomic E-state index is 12.2. The van der Waals surface area contributed by atoms with E-state index in [2.05, 4.69) is 10.5 Å². The Morgan fingerprint density at radius 2 is 2.00 bits per heavy atom. The van der Waals surface area contributed by atoms with Crippen LogP contribution >= 0.6 is 0 Å². The number of aromatic nitrogens is 1. The summed E-state index contributed by atoms with van der Waals surface area (Å²) in [7, 11) is 1.61. The van der Waals surface area contributed by atoms with Gasteiger partial charge in [0.1, 0.15) is 5.75 Å². The van der Waals surface area contributed by atoms with Gasteiger partial charge in [-0.2, -0.15) is 0 Å². The lowest BCUT2D eigenvalue weighted by Gasteiger charge is -2.06. The Morgan fingerprint density at radius 3 is 2.79 bits per heavy atom. The predicted molar refractivity (Wildman–Crippen MR) is 92.0 cm³/mol. The first-order valence-corrected chi connectivity index (χ1v) is 7.61. The third-order valence-electron chi connectivity index (χ3n) is 3.67. The molecule has 1 amide bonds. The number of methoxy groups -OCH3 is 1. The number of carbonyl (C=O) groups is 1. The number of aryl methyl sites for hydroxylation is 1. The Morgan fingerprint density at radius 1 is 1.17 bits per heavy atom. The number of amides is 1. The summed E-state index contributed by atoms with van der Waals surface area (Å²) in [5.41, 5.74) is 3.26. The molecule has 5 heteroatoms. The van der Waals surface area contributed by atoms with Gasteiger partial charge in [0, 0.05) is 17.3 Å². The molecule has 24 heavy (non-hydrogen) atoms. The van der Waals surface area contributed by atoms with Crippen LogP contribution in [0.25, 0.3) is 11.3 Å². The highest BCUT2D eigenvalue weighted by Crippen LogP contribution is 2.24. The fraction of sp³-hybridized carbons (Fsp3) is 0.158. The van der Waals surface area contributed by atoms with Crippen molar-refractivity contribution in [2.24, 2.45) is 0 Å². The number of para-hydroxylation sites is 1. The van der Waals surface area contributed by atoms with Gasteiger partial charge in [0.25, 0.3) is 0 Å². The van der Waals surface area contributed by atoms with Crippen molar-refractivity contribution in [3.8, 4) is 17.1 Å². The Bertz CT molecular complexity index is 855. The zero-order chi connectivity index (χ0) is 16.9. The number of benzene rings is 2. The van der Waals surface area contributed by atoms with E-state index >= 15 is 0 Å². The van der Waals surface area contributed by atoms with Crippen LogP contribution in [0.5, 0.6) is 5.75 Å². The standard InChI is InChI=1S/C19H18N2O3/c1-13-6-3-4-9-17(13)20-19(22)12-15-11-18(24-21-15)14-7-5-8-16(10-14)23-2/h3-11H,12H2,1-2H3,(H,20,22). The van der Waals surface area contributed by atoms with E-state index < -0.39 is 0 Å². The van der Waals surface area contributed by atoms with Crippen LogP contribution in [0.15, 0.2) is 59.1 Å². The molecule has 0 aliphatic rings. The van der Waals surface area contributed by atoms with E-state index in [-0.39, 0.29) is 12.3 Å². The first-order chi connectivity index (χ1) is 11.7. The molecule has 0 saturated heterocycles. The summed E-state index contributed by atoms with van der Waals surface area (Å²) in [6.45, 7) is 1.95. The van der Waals surface area contributed by atoms with Gasteiger partial charge in [-0.15, -0.1) is 0 Å². The van der Waals surface area contributed by atoms with Crippen LogP contribution in [-0.4, -0.2) is 18.2 Å². The molecule has 3 aromatic rings. The Balaban J connectivity index is 1.69. The molecule has 1 heterocycles. The first kappa shape index (κ1) is 15.8. The van der Waals surface area contributed by atoms with Crippen molar-refractivity contribution >= 4 is 11.6 Å². The molecule has 5 nitrogen and oxygen atoms in total. The molecule has 0 radical (unpaired) electrons. The molecule has 1 aromatic heterocycles. The maximum atomic E-state index is 12.2. The third-order valence-corrected chi connectivity index (χ3v) is 3.67. The molecule has 2 aromatic carbocycles. The van der Waals surface area contributed by atoms with Gasteiger partial charge in [-0.05, 0) is 30.7 Å². The Kier molecular flexibility index (Phi) is 4.61. The minimum absolute atomic E-state index is 0.130. The smallest absolute Gasteiger partial charge is 0.230 e. The number of rotatable bonds is 5. The summed E-state index contributed by atoms with van der Waals surface area (Å²) in [4.78, 5) is 12.2. The SMILES string of the molecule is COc1cccc(-c2cc(CC(=O)Nc3ccccc3C)no2)c1. The molecule has 0 unspecified atom stereocenters. The number of anilines is 1. The molecule has 0 aliphatic carbocycles. The number of nitrogens with zero attached hydrogens (tertiary/aromatic N) is 1. The van der Waals surface area contributed by atoms with Crippen LogP contribution in [0.3, 0.4) is 0 Å².